The highest BCUT2D eigenvalue weighted by molar-refractivity contribution is 5.82. The Morgan fingerprint density at radius 3 is 2.00 bits per heavy atom. The van der Waals surface area contributed by atoms with Gasteiger partial charge in [-0.1, -0.05) is 27.7 Å². The minimum atomic E-state index is -0.0663. The smallest absolute Gasteiger partial charge is 0.111 e. The van der Waals surface area contributed by atoms with Crippen LogP contribution in [0, 0.1) is 11.3 Å². The average molecular weight is 227 g/mol. The van der Waals surface area contributed by atoms with E-state index in [-0.39, 0.29) is 5.54 Å². The van der Waals surface area contributed by atoms with Crippen LogP contribution in [0.5, 0.6) is 0 Å². The van der Waals surface area contributed by atoms with Crippen LogP contribution in [0.2, 0.25) is 0 Å². The molecule has 0 saturated carbocycles. The molecule has 0 fully saturated rings. The van der Waals surface area contributed by atoms with Gasteiger partial charge in [0.1, 0.15) is 5.84 Å². The largest absolute Gasteiger partial charge is 0.312 e. The van der Waals surface area contributed by atoms with E-state index in [0.29, 0.717) is 11.3 Å². The van der Waals surface area contributed by atoms with E-state index in [2.05, 4.69) is 58.9 Å². The summed E-state index contributed by atoms with van der Waals surface area (Å²) in [7, 11) is 0. The fraction of sp³-hybridized carbons (Fsp3) is 0.923. The molecule has 0 aromatic heterocycles. The number of hydrogen-bond acceptors (Lipinski definition) is 2. The molecule has 0 aliphatic heterocycles. The average Bonchev–Trinajstić information content (AvgIpc) is 1.96. The summed E-state index contributed by atoms with van der Waals surface area (Å²) in [6, 6.07) is 0. The SMILES string of the molecule is CC(CC(=NC(C)(C)C)NN)CC(C)(C)C. The van der Waals surface area contributed by atoms with E-state index >= 15 is 0 Å². The molecule has 0 amide bonds. The molecule has 0 bridgehead atoms. The first-order chi connectivity index (χ1) is 7.03. The van der Waals surface area contributed by atoms with Crippen LogP contribution in [0.1, 0.15) is 61.3 Å². The van der Waals surface area contributed by atoms with E-state index in [1.807, 2.05) is 0 Å². The molecule has 1 unspecified atom stereocenters. The van der Waals surface area contributed by atoms with Crippen LogP contribution < -0.4 is 11.3 Å². The monoisotopic (exact) mass is 227 g/mol. The van der Waals surface area contributed by atoms with Gasteiger partial charge in [-0.25, -0.2) is 5.84 Å². The predicted molar refractivity (Wildman–Crippen MR) is 72.4 cm³/mol. The minimum Gasteiger partial charge on any atom is -0.312 e. The lowest BCUT2D eigenvalue weighted by molar-refractivity contribution is 0.310. The molecule has 0 heterocycles. The van der Waals surface area contributed by atoms with Gasteiger partial charge in [0.15, 0.2) is 0 Å². The summed E-state index contributed by atoms with van der Waals surface area (Å²) >= 11 is 0. The van der Waals surface area contributed by atoms with Crippen LogP contribution in [-0.4, -0.2) is 11.4 Å². The zero-order chi connectivity index (χ0) is 13.0. The van der Waals surface area contributed by atoms with E-state index in [4.69, 9.17) is 5.84 Å². The van der Waals surface area contributed by atoms with Crippen molar-refractivity contribution < 1.29 is 0 Å². The van der Waals surface area contributed by atoms with Crippen LogP contribution in [0.3, 0.4) is 0 Å². The Morgan fingerprint density at radius 1 is 1.19 bits per heavy atom. The van der Waals surface area contributed by atoms with Crippen molar-refractivity contribution in [1.82, 2.24) is 5.43 Å². The molecule has 3 heteroatoms. The number of nitrogens with zero attached hydrogens (tertiary/aromatic N) is 1. The van der Waals surface area contributed by atoms with E-state index in [0.717, 1.165) is 12.3 Å². The molecule has 0 saturated heterocycles. The fourth-order valence-electron chi connectivity index (χ4n) is 1.99. The van der Waals surface area contributed by atoms with Crippen LogP contribution in [0.4, 0.5) is 0 Å². The lowest BCUT2D eigenvalue weighted by Crippen LogP contribution is -2.34. The Kier molecular flexibility index (Phi) is 5.47. The third-order valence-electron chi connectivity index (χ3n) is 2.14. The Labute approximate surface area is 101 Å². The number of hydrazine groups is 1. The molecule has 1 atom stereocenters. The number of hydrogen-bond donors (Lipinski definition) is 2. The Bertz CT molecular complexity index is 231. The van der Waals surface area contributed by atoms with Crippen molar-refractivity contribution in [2.45, 2.75) is 66.8 Å². The van der Waals surface area contributed by atoms with Crippen molar-refractivity contribution in [3.05, 3.63) is 0 Å². The zero-order valence-electron chi connectivity index (χ0n) is 12.0. The number of amidine groups is 1. The van der Waals surface area contributed by atoms with E-state index in [9.17, 15) is 0 Å². The second-order valence-corrected chi connectivity index (χ2v) is 6.95. The quantitative estimate of drug-likeness (QED) is 0.337. The summed E-state index contributed by atoms with van der Waals surface area (Å²) in [6.07, 6.45) is 2.10. The summed E-state index contributed by atoms with van der Waals surface area (Å²) in [4.78, 5) is 4.58. The first-order valence-corrected chi connectivity index (χ1v) is 6.09. The van der Waals surface area contributed by atoms with Crippen molar-refractivity contribution in [2.24, 2.45) is 22.2 Å². The van der Waals surface area contributed by atoms with Crippen LogP contribution in [0.25, 0.3) is 0 Å². The molecule has 0 radical (unpaired) electrons. The highest BCUT2D eigenvalue weighted by atomic mass is 15.3. The van der Waals surface area contributed by atoms with Gasteiger partial charge in [0.05, 0.1) is 5.54 Å². The van der Waals surface area contributed by atoms with Gasteiger partial charge in [-0.15, -0.1) is 0 Å². The van der Waals surface area contributed by atoms with E-state index < -0.39 is 0 Å². The van der Waals surface area contributed by atoms with Gasteiger partial charge in [-0.2, -0.15) is 0 Å². The van der Waals surface area contributed by atoms with Crippen molar-refractivity contribution in [3.63, 3.8) is 0 Å². The van der Waals surface area contributed by atoms with Crippen molar-refractivity contribution >= 4 is 5.84 Å². The molecule has 16 heavy (non-hydrogen) atoms. The molecule has 0 spiro atoms. The molecule has 0 rings (SSSR count). The highest BCUT2D eigenvalue weighted by Crippen LogP contribution is 2.26. The molecule has 96 valence electrons. The highest BCUT2D eigenvalue weighted by Gasteiger charge is 2.18. The number of rotatable bonds is 3. The van der Waals surface area contributed by atoms with Gasteiger partial charge in [-0.3, -0.25) is 4.99 Å². The molecule has 0 aromatic rings. The molecule has 3 N–H and O–H groups in total. The summed E-state index contributed by atoms with van der Waals surface area (Å²) in [5.74, 6) is 7.01. The Balaban J connectivity index is 4.40. The third kappa shape index (κ3) is 8.72. The fourth-order valence-corrected chi connectivity index (χ4v) is 1.99. The summed E-state index contributed by atoms with van der Waals surface area (Å²) in [5, 5.41) is 0. The van der Waals surface area contributed by atoms with Crippen LogP contribution >= 0.6 is 0 Å². The normalized spacial score (nSPS) is 16.1. The van der Waals surface area contributed by atoms with Gasteiger partial charge >= 0.3 is 0 Å². The summed E-state index contributed by atoms with van der Waals surface area (Å²) in [5.41, 5.74) is 3.02. The minimum absolute atomic E-state index is 0.0663. The maximum Gasteiger partial charge on any atom is 0.111 e. The Morgan fingerprint density at radius 2 is 1.69 bits per heavy atom. The van der Waals surface area contributed by atoms with Gasteiger partial charge < -0.3 is 5.43 Å². The van der Waals surface area contributed by atoms with Gasteiger partial charge in [0.25, 0.3) is 0 Å². The number of aliphatic imine (C=N–C) groups is 1. The summed E-state index contributed by atoms with van der Waals surface area (Å²) < 4.78 is 0. The Hall–Kier alpha value is -0.570. The first-order valence-electron chi connectivity index (χ1n) is 6.09. The van der Waals surface area contributed by atoms with E-state index in [1.54, 1.807) is 0 Å². The second-order valence-electron chi connectivity index (χ2n) is 6.95. The van der Waals surface area contributed by atoms with Gasteiger partial charge in [0, 0.05) is 6.42 Å². The van der Waals surface area contributed by atoms with Crippen LogP contribution in [-0.2, 0) is 0 Å². The molecular formula is C13H29N3. The standard InChI is InChI=1S/C13H29N3/c1-10(9-12(2,3)4)8-11(16-14)15-13(5,6)7/h10H,8-9,14H2,1-7H3,(H,15,16). The number of nitrogens with one attached hydrogen (secondary N) is 1. The summed E-state index contributed by atoms with van der Waals surface area (Å²) in [6.45, 7) is 15.3. The molecule has 0 aromatic carbocycles. The maximum absolute atomic E-state index is 5.51. The second kappa shape index (κ2) is 5.67. The maximum atomic E-state index is 5.51. The number of nitrogens with two attached hydrogens (primary N) is 1. The van der Waals surface area contributed by atoms with Gasteiger partial charge in [0.2, 0.25) is 0 Å². The van der Waals surface area contributed by atoms with Gasteiger partial charge in [-0.05, 0) is 38.5 Å². The molecule has 0 aliphatic rings. The molecular weight excluding hydrogens is 198 g/mol. The van der Waals surface area contributed by atoms with E-state index in [1.165, 1.54) is 6.42 Å². The molecule has 0 aliphatic carbocycles. The first kappa shape index (κ1) is 15.4. The third-order valence-corrected chi connectivity index (χ3v) is 2.14. The predicted octanol–water partition coefficient (Wildman–Crippen LogP) is 3.11. The van der Waals surface area contributed by atoms with Crippen molar-refractivity contribution in [3.8, 4) is 0 Å². The van der Waals surface area contributed by atoms with Crippen LogP contribution in [0.15, 0.2) is 4.99 Å². The topological polar surface area (TPSA) is 50.4 Å². The lowest BCUT2D eigenvalue weighted by atomic mass is 9.84. The zero-order valence-corrected chi connectivity index (χ0v) is 12.0. The lowest BCUT2D eigenvalue weighted by Gasteiger charge is -2.24. The van der Waals surface area contributed by atoms with Crippen molar-refractivity contribution in [1.29, 1.82) is 0 Å². The van der Waals surface area contributed by atoms with Crippen molar-refractivity contribution in [2.75, 3.05) is 0 Å². The molecule has 3 nitrogen and oxygen atoms in total.